The van der Waals surface area contributed by atoms with Crippen molar-refractivity contribution < 1.29 is 5.11 Å². The molecule has 3 heteroatoms. The van der Waals surface area contributed by atoms with Crippen LogP contribution in [-0.2, 0) is 0 Å². The van der Waals surface area contributed by atoms with Crippen LogP contribution in [0.4, 0.5) is 0 Å². The van der Waals surface area contributed by atoms with E-state index in [1.807, 2.05) is 0 Å². The van der Waals surface area contributed by atoms with Gasteiger partial charge in [0.25, 0.3) is 0 Å². The molecule has 0 rings (SSSR count). The van der Waals surface area contributed by atoms with E-state index in [2.05, 4.69) is 6.58 Å². The van der Waals surface area contributed by atoms with Gasteiger partial charge in [0, 0.05) is 6.04 Å². The van der Waals surface area contributed by atoms with Crippen LogP contribution in [0.15, 0.2) is 12.2 Å². The van der Waals surface area contributed by atoms with Crippen molar-refractivity contribution >= 4 is 12.4 Å². The molecule has 0 amide bonds. The summed E-state index contributed by atoms with van der Waals surface area (Å²) in [6.07, 6.45) is 0. The molecule has 0 aliphatic carbocycles. The Morgan fingerprint density at radius 1 is 1.88 bits per heavy atom. The zero-order valence-corrected chi connectivity index (χ0v) is 5.74. The van der Waals surface area contributed by atoms with Gasteiger partial charge in [-0.15, -0.1) is 12.4 Å². The van der Waals surface area contributed by atoms with Gasteiger partial charge in [-0.3, -0.25) is 0 Å². The smallest absolute Gasteiger partial charge is 0.0620 e. The van der Waals surface area contributed by atoms with Crippen LogP contribution in [0.2, 0.25) is 0 Å². The third kappa shape index (κ3) is 4.12. The largest absolute Gasteiger partial charge is 0.394 e. The quantitative estimate of drug-likeness (QED) is 0.538. The zero-order valence-electron chi connectivity index (χ0n) is 4.92. The Kier molecular flexibility index (Phi) is 6.91. The van der Waals surface area contributed by atoms with Gasteiger partial charge in [-0.2, -0.15) is 0 Å². The maximum absolute atomic E-state index is 8.32. The summed E-state index contributed by atoms with van der Waals surface area (Å²) in [6, 6.07) is -0.236. The third-order valence-electron chi connectivity index (χ3n) is 0.830. The highest BCUT2D eigenvalue weighted by Gasteiger charge is 1.96. The average molecular weight is 138 g/mol. The van der Waals surface area contributed by atoms with E-state index in [4.69, 9.17) is 10.8 Å². The van der Waals surface area contributed by atoms with Gasteiger partial charge >= 0.3 is 0 Å². The summed E-state index contributed by atoms with van der Waals surface area (Å²) in [5.41, 5.74) is 6.09. The molecule has 3 N–H and O–H groups in total. The van der Waals surface area contributed by atoms with Gasteiger partial charge in [0.15, 0.2) is 0 Å². The lowest BCUT2D eigenvalue weighted by molar-refractivity contribution is 0.279. The lowest BCUT2D eigenvalue weighted by Gasteiger charge is -2.03. The molecule has 0 bridgehead atoms. The first-order valence-electron chi connectivity index (χ1n) is 2.20. The van der Waals surface area contributed by atoms with Crippen molar-refractivity contribution in [2.45, 2.75) is 13.0 Å². The van der Waals surface area contributed by atoms with Gasteiger partial charge in [0.2, 0.25) is 0 Å². The third-order valence-corrected chi connectivity index (χ3v) is 0.830. The lowest BCUT2D eigenvalue weighted by atomic mass is 10.2. The summed E-state index contributed by atoms with van der Waals surface area (Å²) >= 11 is 0. The number of aliphatic hydroxyl groups is 1. The van der Waals surface area contributed by atoms with Crippen molar-refractivity contribution in [2.75, 3.05) is 6.61 Å². The van der Waals surface area contributed by atoms with Gasteiger partial charge in [0.1, 0.15) is 0 Å². The SMILES string of the molecule is C=C(C)[C@H](N)CO.Cl. The highest BCUT2D eigenvalue weighted by atomic mass is 35.5. The fraction of sp³-hybridized carbons (Fsp3) is 0.600. The second-order valence-corrected chi connectivity index (χ2v) is 1.64. The molecule has 8 heavy (non-hydrogen) atoms. The number of aliphatic hydroxyl groups excluding tert-OH is 1. The summed E-state index contributed by atoms with van der Waals surface area (Å²) in [6.45, 7) is 5.33. The number of rotatable bonds is 2. The minimum absolute atomic E-state index is 0. The van der Waals surface area contributed by atoms with E-state index in [-0.39, 0.29) is 25.1 Å². The molecule has 0 aromatic heterocycles. The van der Waals surface area contributed by atoms with Crippen LogP contribution < -0.4 is 5.73 Å². The average Bonchev–Trinajstić information content (AvgIpc) is 1.65. The standard InChI is InChI=1S/C5H11NO.ClH/c1-4(2)5(6)3-7;/h5,7H,1,3,6H2,2H3;1H/t5-;/m1./s1. The van der Waals surface area contributed by atoms with Crippen LogP contribution in [0, 0.1) is 0 Å². The van der Waals surface area contributed by atoms with Crippen LogP contribution in [0.25, 0.3) is 0 Å². The number of hydrogen-bond acceptors (Lipinski definition) is 2. The van der Waals surface area contributed by atoms with Crippen molar-refractivity contribution in [2.24, 2.45) is 5.73 Å². The maximum atomic E-state index is 8.32. The normalized spacial score (nSPS) is 11.9. The molecule has 1 atom stereocenters. The molecular formula is C5H12ClNO. The maximum Gasteiger partial charge on any atom is 0.0620 e. The Morgan fingerprint density at radius 3 is 2.25 bits per heavy atom. The molecule has 0 aliphatic rings. The van der Waals surface area contributed by atoms with Gasteiger partial charge in [-0.25, -0.2) is 0 Å². The van der Waals surface area contributed by atoms with Crippen molar-refractivity contribution in [1.29, 1.82) is 0 Å². The van der Waals surface area contributed by atoms with Crippen LogP contribution >= 0.6 is 12.4 Å². The predicted molar refractivity (Wildman–Crippen MR) is 37.1 cm³/mol. The molecule has 0 fully saturated rings. The molecular weight excluding hydrogens is 126 g/mol. The number of hydrogen-bond donors (Lipinski definition) is 2. The van der Waals surface area contributed by atoms with Crippen LogP contribution in [-0.4, -0.2) is 17.8 Å². The van der Waals surface area contributed by atoms with Crippen molar-refractivity contribution in [1.82, 2.24) is 0 Å². The van der Waals surface area contributed by atoms with E-state index < -0.39 is 0 Å². The molecule has 0 unspecified atom stereocenters. The van der Waals surface area contributed by atoms with Crippen LogP contribution in [0.5, 0.6) is 0 Å². The summed E-state index contributed by atoms with van der Waals surface area (Å²) in [7, 11) is 0. The zero-order chi connectivity index (χ0) is 5.86. The summed E-state index contributed by atoms with van der Waals surface area (Å²) in [5.74, 6) is 0. The first-order valence-corrected chi connectivity index (χ1v) is 2.20. The first-order chi connectivity index (χ1) is 3.18. The van der Waals surface area contributed by atoms with E-state index in [0.717, 1.165) is 5.57 Å². The molecule has 0 aromatic carbocycles. The topological polar surface area (TPSA) is 46.2 Å². The lowest BCUT2D eigenvalue weighted by Crippen LogP contribution is -2.24. The second kappa shape index (κ2) is 5.09. The fourth-order valence-corrected chi connectivity index (χ4v) is 0.156. The highest BCUT2D eigenvalue weighted by Crippen LogP contribution is 1.89. The fourth-order valence-electron chi connectivity index (χ4n) is 0.156. The molecule has 50 valence electrons. The van der Waals surface area contributed by atoms with E-state index in [1.165, 1.54) is 0 Å². The van der Waals surface area contributed by atoms with E-state index >= 15 is 0 Å². The molecule has 0 saturated heterocycles. The Morgan fingerprint density at radius 2 is 2.25 bits per heavy atom. The minimum Gasteiger partial charge on any atom is -0.394 e. The van der Waals surface area contributed by atoms with Crippen LogP contribution in [0.3, 0.4) is 0 Å². The molecule has 2 nitrogen and oxygen atoms in total. The summed E-state index contributed by atoms with van der Waals surface area (Å²) < 4.78 is 0. The molecule has 0 radical (unpaired) electrons. The van der Waals surface area contributed by atoms with Crippen molar-refractivity contribution in [3.63, 3.8) is 0 Å². The summed E-state index contributed by atoms with van der Waals surface area (Å²) in [4.78, 5) is 0. The Balaban J connectivity index is 0. The van der Waals surface area contributed by atoms with Crippen molar-refractivity contribution in [3.05, 3.63) is 12.2 Å². The monoisotopic (exact) mass is 137 g/mol. The highest BCUT2D eigenvalue weighted by molar-refractivity contribution is 5.85. The molecule has 0 aromatic rings. The predicted octanol–water partition coefficient (Wildman–Crippen LogP) is 0.304. The van der Waals surface area contributed by atoms with E-state index in [1.54, 1.807) is 6.92 Å². The Hall–Kier alpha value is -0.0500. The molecule has 0 saturated carbocycles. The van der Waals surface area contributed by atoms with Crippen molar-refractivity contribution in [3.8, 4) is 0 Å². The first kappa shape index (κ1) is 10.8. The molecule has 0 spiro atoms. The van der Waals surface area contributed by atoms with E-state index in [9.17, 15) is 0 Å². The summed E-state index contributed by atoms with van der Waals surface area (Å²) in [5, 5.41) is 8.32. The Labute approximate surface area is 55.8 Å². The van der Waals surface area contributed by atoms with Gasteiger partial charge < -0.3 is 10.8 Å². The minimum atomic E-state index is -0.236. The molecule has 0 aliphatic heterocycles. The van der Waals surface area contributed by atoms with Gasteiger partial charge in [-0.1, -0.05) is 12.2 Å². The van der Waals surface area contributed by atoms with Gasteiger partial charge in [-0.05, 0) is 6.92 Å². The number of nitrogens with two attached hydrogens (primary N) is 1. The Bertz CT molecular complexity index is 74.8. The van der Waals surface area contributed by atoms with E-state index in [0.29, 0.717) is 0 Å². The van der Waals surface area contributed by atoms with Crippen LogP contribution in [0.1, 0.15) is 6.92 Å². The van der Waals surface area contributed by atoms with Gasteiger partial charge in [0.05, 0.1) is 6.61 Å². The number of halogens is 1. The second-order valence-electron chi connectivity index (χ2n) is 1.64. The molecule has 0 heterocycles.